The van der Waals surface area contributed by atoms with Crippen LogP contribution < -0.4 is 4.87 Å². The number of likely N-dealkylation sites (tertiary alicyclic amines) is 1. The van der Waals surface area contributed by atoms with Crippen molar-refractivity contribution < 1.29 is 19.5 Å². The molecule has 0 unspecified atom stereocenters. The summed E-state index contributed by atoms with van der Waals surface area (Å²) in [4.78, 5) is 53.9. The third-order valence-electron chi connectivity index (χ3n) is 8.91. The van der Waals surface area contributed by atoms with Gasteiger partial charge in [0.15, 0.2) is 0 Å². The molecular weight excluding hydrogens is 520 g/mol. The van der Waals surface area contributed by atoms with Crippen LogP contribution in [-0.2, 0) is 14.4 Å². The molecule has 3 aromatic rings. The Labute approximate surface area is 227 Å². The van der Waals surface area contributed by atoms with Crippen molar-refractivity contribution in [2.75, 3.05) is 6.54 Å². The minimum absolute atomic E-state index is 0.0139. The van der Waals surface area contributed by atoms with E-state index in [9.17, 15) is 19.2 Å². The SMILES string of the molecule is O=C(O)CCCN1C(=O)[C@@H]2[C@H]3C[C@@H]([C@H]4Sc5c(sc(=O)n5-c5ccccc5)[C@H](c5ccccc5)[C@@H]34)[C@H]2C1=O. The number of hydrogen-bond acceptors (Lipinski definition) is 6. The molecule has 9 heteroatoms. The van der Waals surface area contributed by atoms with Crippen LogP contribution in [0.5, 0.6) is 0 Å². The highest BCUT2D eigenvalue weighted by Gasteiger charge is 2.69. The zero-order valence-electron chi connectivity index (χ0n) is 20.4. The quantitative estimate of drug-likeness (QED) is 0.465. The number of thiazole rings is 1. The van der Waals surface area contributed by atoms with Gasteiger partial charge in [0, 0.05) is 29.0 Å². The first-order valence-corrected chi connectivity index (χ1v) is 14.7. The van der Waals surface area contributed by atoms with Crippen LogP contribution >= 0.6 is 23.1 Å². The maximum atomic E-state index is 13.6. The van der Waals surface area contributed by atoms with Crippen LogP contribution in [-0.4, -0.2) is 44.2 Å². The molecule has 38 heavy (non-hydrogen) atoms. The van der Waals surface area contributed by atoms with Gasteiger partial charge in [0.1, 0.15) is 0 Å². The summed E-state index contributed by atoms with van der Waals surface area (Å²) in [6, 6.07) is 19.9. The van der Waals surface area contributed by atoms with Crippen molar-refractivity contribution in [1.29, 1.82) is 0 Å². The van der Waals surface area contributed by atoms with Gasteiger partial charge in [-0.3, -0.25) is 28.6 Å². The molecule has 7 nitrogen and oxygen atoms in total. The van der Waals surface area contributed by atoms with Crippen molar-refractivity contribution in [1.82, 2.24) is 9.47 Å². The lowest BCUT2D eigenvalue weighted by Crippen LogP contribution is -2.43. The van der Waals surface area contributed by atoms with Crippen LogP contribution in [0.2, 0.25) is 0 Å². The Morgan fingerprint density at radius 3 is 2.26 bits per heavy atom. The summed E-state index contributed by atoms with van der Waals surface area (Å²) in [5.74, 6) is -1.63. The summed E-state index contributed by atoms with van der Waals surface area (Å²) in [5, 5.41) is 10.1. The first kappa shape index (κ1) is 23.9. The van der Waals surface area contributed by atoms with Gasteiger partial charge in [-0.05, 0) is 48.3 Å². The van der Waals surface area contributed by atoms with Crippen molar-refractivity contribution in [2.45, 2.75) is 35.5 Å². The number of fused-ring (bicyclic) bond motifs is 9. The van der Waals surface area contributed by atoms with E-state index in [-0.39, 0.29) is 76.8 Å². The zero-order chi connectivity index (χ0) is 26.1. The normalized spacial score (nSPS) is 30.8. The molecule has 0 spiro atoms. The van der Waals surface area contributed by atoms with E-state index in [1.165, 1.54) is 16.2 Å². The number of nitrogens with zero attached hydrogens (tertiary/aromatic N) is 2. The Morgan fingerprint density at radius 1 is 0.921 bits per heavy atom. The van der Waals surface area contributed by atoms with Gasteiger partial charge in [-0.15, -0.1) is 11.8 Å². The smallest absolute Gasteiger partial charge is 0.312 e. The average Bonchev–Trinajstić information content (AvgIpc) is 3.64. The molecule has 1 saturated heterocycles. The molecule has 2 amide bonds. The number of rotatable bonds is 6. The highest BCUT2D eigenvalue weighted by Crippen LogP contribution is 2.68. The van der Waals surface area contributed by atoms with E-state index in [1.807, 2.05) is 53.1 Å². The lowest BCUT2D eigenvalue weighted by Gasteiger charge is -2.43. The molecule has 2 aromatic carbocycles. The molecular formula is C29H26N2O5S2. The van der Waals surface area contributed by atoms with Gasteiger partial charge in [-0.25, -0.2) is 0 Å². The van der Waals surface area contributed by atoms with Crippen LogP contribution in [0.3, 0.4) is 0 Å². The molecule has 0 radical (unpaired) electrons. The van der Waals surface area contributed by atoms with E-state index >= 15 is 0 Å². The maximum absolute atomic E-state index is 13.6. The number of thioether (sulfide) groups is 1. The van der Waals surface area contributed by atoms with Crippen LogP contribution in [0.4, 0.5) is 0 Å². The predicted octanol–water partition coefficient (Wildman–Crippen LogP) is 4.24. The fourth-order valence-corrected chi connectivity index (χ4v) is 10.7. The fraction of sp³-hybridized carbons (Fsp3) is 0.379. The lowest BCUT2D eigenvalue weighted by atomic mass is 9.68. The standard InChI is InChI=1S/C29H26N2O5S2/c32-19(33)12-7-13-30-26(34)22-17-14-18(23(22)27(30)35)24-21(17)20(15-8-3-1-4-9-15)25-28(37-24)31(29(36)38-25)16-10-5-2-6-11-16/h1-6,8-11,17-18,20-24H,7,12-14H2,(H,32,33)/t17-,18+,20+,21+,22+,23+,24+/m0/s1. The molecule has 2 saturated carbocycles. The number of hydrogen-bond donors (Lipinski definition) is 1. The minimum atomic E-state index is -0.923. The number of aliphatic carboxylic acids is 1. The highest BCUT2D eigenvalue weighted by atomic mass is 32.2. The molecule has 2 bridgehead atoms. The second kappa shape index (κ2) is 8.95. The Hall–Kier alpha value is -3.17. The van der Waals surface area contributed by atoms with E-state index in [2.05, 4.69) is 12.1 Å². The first-order chi connectivity index (χ1) is 18.5. The summed E-state index contributed by atoms with van der Waals surface area (Å²) < 4.78 is 1.82. The third-order valence-corrected chi connectivity index (χ3v) is 11.6. The molecule has 3 fully saturated rings. The fourth-order valence-electron chi connectivity index (χ4n) is 7.58. The second-order valence-electron chi connectivity index (χ2n) is 10.7. The number of amides is 2. The van der Waals surface area contributed by atoms with E-state index in [4.69, 9.17) is 5.11 Å². The summed E-state index contributed by atoms with van der Waals surface area (Å²) >= 11 is 3.02. The van der Waals surface area contributed by atoms with Gasteiger partial charge in [0.2, 0.25) is 11.8 Å². The maximum Gasteiger partial charge on any atom is 0.312 e. The van der Waals surface area contributed by atoms with Gasteiger partial charge in [0.05, 0.1) is 22.5 Å². The van der Waals surface area contributed by atoms with E-state index < -0.39 is 5.97 Å². The number of para-hydroxylation sites is 1. The number of carboxylic acid groups (broad SMARTS) is 1. The van der Waals surface area contributed by atoms with Crippen LogP contribution in [0.15, 0.2) is 70.5 Å². The van der Waals surface area contributed by atoms with E-state index in [0.29, 0.717) is 0 Å². The van der Waals surface area contributed by atoms with Gasteiger partial charge >= 0.3 is 10.8 Å². The number of carboxylic acids is 1. The predicted molar refractivity (Wildman–Crippen MR) is 144 cm³/mol. The summed E-state index contributed by atoms with van der Waals surface area (Å²) in [5.41, 5.74) is 1.98. The van der Waals surface area contributed by atoms with Gasteiger partial charge < -0.3 is 5.11 Å². The van der Waals surface area contributed by atoms with E-state index in [0.717, 1.165) is 27.6 Å². The molecule has 4 aliphatic rings. The molecule has 7 rings (SSSR count). The molecule has 194 valence electrons. The van der Waals surface area contributed by atoms with Crippen LogP contribution in [0, 0.1) is 29.6 Å². The van der Waals surface area contributed by atoms with Gasteiger partial charge in [0.25, 0.3) is 0 Å². The van der Waals surface area contributed by atoms with Crippen molar-refractivity contribution in [3.8, 4) is 5.69 Å². The largest absolute Gasteiger partial charge is 0.481 e. The van der Waals surface area contributed by atoms with E-state index in [1.54, 1.807) is 11.8 Å². The monoisotopic (exact) mass is 546 g/mol. The number of imide groups is 1. The Morgan fingerprint density at radius 2 is 1.58 bits per heavy atom. The topological polar surface area (TPSA) is 96.7 Å². The third kappa shape index (κ3) is 3.41. The molecule has 1 N–H and O–H groups in total. The zero-order valence-corrected chi connectivity index (χ0v) is 22.1. The van der Waals surface area contributed by atoms with Crippen molar-refractivity contribution in [3.05, 3.63) is 80.8 Å². The Kier molecular flexibility index (Phi) is 5.63. The van der Waals surface area contributed by atoms with Crippen molar-refractivity contribution >= 4 is 40.9 Å². The molecule has 3 heterocycles. The number of aromatic nitrogens is 1. The number of carbonyl (C=O) groups is 3. The van der Waals surface area contributed by atoms with Crippen molar-refractivity contribution in [2.24, 2.45) is 29.6 Å². The number of carbonyl (C=O) groups excluding carboxylic acids is 2. The summed E-state index contributed by atoms with van der Waals surface area (Å²) in [6.45, 7) is 0.169. The average molecular weight is 547 g/mol. The lowest BCUT2D eigenvalue weighted by molar-refractivity contribution is -0.142. The second-order valence-corrected chi connectivity index (χ2v) is 12.9. The Bertz CT molecular complexity index is 1500. The number of benzene rings is 2. The summed E-state index contributed by atoms with van der Waals surface area (Å²) in [6.07, 6.45) is 1.05. The first-order valence-electron chi connectivity index (χ1n) is 13.1. The van der Waals surface area contributed by atoms with Crippen molar-refractivity contribution in [3.63, 3.8) is 0 Å². The minimum Gasteiger partial charge on any atom is -0.481 e. The molecule has 2 aliphatic carbocycles. The van der Waals surface area contributed by atoms with Crippen LogP contribution in [0.25, 0.3) is 5.69 Å². The molecule has 7 atom stereocenters. The molecule has 1 aromatic heterocycles. The van der Waals surface area contributed by atoms with Gasteiger partial charge in [-0.1, -0.05) is 59.9 Å². The van der Waals surface area contributed by atoms with Crippen LogP contribution in [0.1, 0.15) is 35.6 Å². The summed E-state index contributed by atoms with van der Waals surface area (Å²) in [7, 11) is 0. The highest BCUT2D eigenvalue weighted by molar-refractivity contribution is 8.00. The molecule has 2 aliphatic heterocycles. The van der Waals surface area contributed by atoms with Gasteiger partial charge in [-0.2, -0.15) is 0 Å². The Balaban J connectivity index is 1.31.